The predicted octanol–water partition coefficient (Wildman–Crippen LogP) is 4.81. The van der Waals surface area contributed by atoms with Crippen LogP contribution < -0.4 is 4.90 Å². The van der Waals surface area contributed by atoms with Crippen molar-refractivity contribution in [2.24, 2.45) is 0 Å². The third-order valence-corrected chi connectivity index (χ3v) is 6.06. The van der Waals surface area contributed by atoms with Crippen molar-refractivity contribution in [3.05, 3.63) is 64.1 Å². The summed E-state index contributed by atoms with van der Waals surface area (Å²) in [7, 11) is 0. The van der Waals surface area contributed by atoms with E-state index in [0.717, 1.165) is 48.9 Å². The van der Waals surface area contributed by atoms with Gasteiger partial charge in [-0.15, -0.1) is 0 Å². The third-order valence-electron chi connectivity index (χ3n) is 5.56. The van der Waals surface area contributed by atoms with Crippen molar-refractivity contribution in [3.8, 4) is 0 Å². The van der Waals surface area contributed by atoms with Crippen LogP contribution >= 0.6 is 15.9 Å². The van der Waals surface area contributed by atoms with Crippen LogP contribution in [0.1, 0.15) is 24.0 Å². The monoisotopic (exact) mass is 402 g/mol. The summed E-state index contributed by atoms with van der Waals surface area (Å²) in [5.74, 6) is 0. The van der Waals surface area contributed by atoms with E-state index in [4.69, 9.17) is 0 Å². The summed E-state index contributed by atoms with van der Waals surface area (Å²) in [5, 5.41) is 0. The lowest BCUT2D eigenvalue weighted by molar-refractivity contribution is 0.0585. The van der Waals surface area contributed by atoms with E-state index in [0.29, 0.717) is 12.5 Å². The molecular formula is C21H24BrFN2. The number of anilines is 1. The third kappa shape index (κ3) is 3.75. The van der Waals surface area contributed by atoms with Crippen molar-refractivity contribution >= 4 is 21.6 Å². The lowest BCUT2D eigenvalue weighted by Gasteiger charge is -2.39. The highest BCUT2D eigenvalue weighted by atomic mass is 79.9. The molecular weight excluding hydrogens is 379 g/mol. The fraction of sp³-hybridized carbons (Fsp3) is 0.429. The van der Waals surface area contributed by atoms with E-state index in [1.165, 1.54) is 11.3 Å². The number of fused-ring (bicyclic) bond motifs is 1. The normalized spacial score (nSPS) is 19.8. The van der Waals surface area contributed by atoms with E-state index < -0.39 is 6.30 Å². The first-order valence-corrected chi connectivity index (χ1v) is 9.97. The van der Waals surface area contributed by atoms with Crippen LogP contribution in [0.3, 0.4) is 0 Å². The number of hydrogen-bond donors (Lipinski definition) is 0. The Morgan fingerprint density at radius 2 is 1.80 bits per heavy atom. The van der Waals surface area contributed by atoms with Crippen LogP contribution in [0.2, 0.25) is 0 Å². The van der Waals surface area contributed by atoms with Crippen LogP contribution in [0, 0.1) is 0 Å². The number of halogens is 2. The van der Waals surface area contributed by atoms with Crippen LogP contribution in [0.4, 0.5) is 10.1 Å². The lowest BCUT2D eigenvalue weighted by Crippen LogP contribution is -2.47. The minimum Gasteiger partial charge on any atom is -0.368 e. The van der Waals surface area contributed by atoms with E-state index in [9.17, 15) is 4.39 Å². The van der Waals surface area contributed by atoms with Crippen molar-refractivity contribution in [1.82, 2.24) is 4.90 Å². The van der Waals surface area contributed by atoms with Gasteiger partial charge in [-0.1, -0.05) is 52.3 Å². The van der Waals surface area contributed by atoms with Crippen molar-refractivity contribution in [1.29, 1.82) is 0 Å². The predicted molar refractivity (Wildman–Crippen MR) is 105 cm³/mol. The molecule has 1 saturated heterocycles. The van der Waals surface area contributed by atoms with Crippen molar-refractivity contribution in [2.75, 3.05) is 24.5 Å². The van der Waals surface area contributed by atoms with Crippen LogP contribution in [0.5, 0.6) is 0 Å². The Morgan fingerprint density at radius 1 is 1.04 bits per heavy atom. The quantitative estimate of drug-likeness (QED) is 0.676. The molecule has 2 aliphatic heterocycles. The molecule has 0 amide bonds. The van der Waals surface area contributed by atoms with E-state index in [1.807, 2.05) is 35.2 Å². The largest absolute Gasteiger partial charge is 0.368 e. The Hall–Kier alpha value is -1.39. The molecule has 2 nitrogen and oxygen atoms in total. The van der Waals surface area contributed by atoms with Gasteiger partial charge < -0.3 is 4.90 Å². The fourth-order valence-electron chi connectivity index (χ4n) is 4.17. The maximum Gasteiger partial charge on any atom is 0.157 e. The highest BCUT2D eigenvalue weighted by molar-refractivity contribution is 9.10. The maximum atomic E-state index is 14.7. The van der Waals surface area contributed by atoms with Crippen molar-refractivity contribution in [3.63, 3.8) is 0 Å². The lowest BCUT2D eigenvalue weighted by atomic mass is 10.0. The molecule has 0 saturated carbocycles. The van der Waals surface area contributed by atoms with Crippen LogP contribution in [0.25, 0.3) is 0 Å². The van der Waals surface area contributed by atoms with Gasteiger partial charge in [0.1, 0.15) is 0 Å². The molecule has 1 fully saturated rings. The smallest absolute Gasteiger partial charge is 0.157 e. The number of rotatable bonds is 4. The van der Waals surface area contributed by atoms with Crippen LogP contribution in [0.15, 0.2) is 53.0 Å². The number of likely N-dealkylation sites (tertiary alicyclic amines) is 1. The van der Waals surface area contributed by atoms with Crippen molar-refractivity contribution in [2.45, 2.75) is 38.0 Å². The van der Waals surface area contributed by atoms with Gasteiger partial charge in [-0.3, -0.25) is 4.90 Å². The van der Waals surface area contributed by atoms with Gasteiger partial charge in [0.25, 0.3) is 0 Å². The zero-order valence-electron chi connectivity index (χ0n) is 14.4. The number of nitrogens with zero attached hydrogens (tertiary/aromatic N) is 2. The fourth-order valence-corrected chi connectivity index (χ4v) is 4.52. The van der Waals surface area contributed by atoms with Gasteiger partial charge >= 0.3 is 0 Å². The highest BCUT2D eigenvalue weighted by Gasteiger charge is 2.31. The topological polar surface area (TPSA) is 6.48 Å². The van der Waals surface area contributed by atoms with E-state index in [2.05, 4.69) is 39.0 Å². The minimum absolute atomic E-state index is 0.491. The molecule has 25 heavy (non-hydrogen) atoms. The standard InChI is InChI=1S/C21H24BrFN2/c22-18-7-6-17-8-13-25(20(17)15-18)19-9-11-24(12-10-19)21(23)14-16-4-2-1-3-5-16/h1-7,15,19,21H,8-14H2. The first-order valence-electron chi connectivity index (χ1n) is 9.18. The van der Waals surface area contributed by atoms with Gasteiger partial charge in [-0.05, 0) is 42.5 Å². The second-order valence-electron chi connectivity index (χ2n) is 7.11. The summed E-state index contributed by atoms with van der Waals surface area (Å²) in [6.07, 6.45) is 2.83. The van der Waals surface area contributed by atoms with Gasteiger partial charge in [0.2, 0.25) is 0 Å². The molecule has 0 radical (unpaired) electrons. The Morgan fingerprint density at radius 3 is 2.56 bits per heavy atom. The molecule has 1 unspecified atom stereocenters. The van der Waals surface area contributed by atoms with Crippen LogP contribution in [-0.2, 0) is 12.8 Å². The Labute approximate surface area is 157 Å². The number of benzene rings is 2. The molecule has 2 aliphatic rings. The summed E-state index contributed by atoms with van der Waals surface area (Å²) in [6, 6.07) is 17.1. The summed E-state index contributed by atoms with van der Waals surface area (Å²) in [6.45, 7) is 2.79. The van der Waals surface area contributed by atoms with Gasteiger partial charge in [-0.2, -0.15) is 0 Å². The van der Waals surface area contributed by atoms with E-state index in [-0.39, 0.29) is 0 Å². The second-order valence-corrected chi connectivity index (χ2v) is 8.02. The minimum atomic E-state index is -0.872. The van der Waals surface area contributed by atoms with E-state index >= 15 is 0 Å². The summed E-state index contributed by atoms with van der Waals surface area (Å²) >= 11 is 3.59. The Bertz CT molecular complexity index is 713. The van der Waals surface area contributed by atoms with Gasteiger partial charge in [0.05, 0.1) is 0 Å². The average Bonchev–Trinajstić information content (AvgIpc) is 3.05. The molecule has 0 aromatic heterocycles. The molecule has 132 valence electrons. The Kier molecular flexibility index (Phi) is 5.09. The number of piperidine rings is 1. The van der Waals surface area contributed by atoms with Gasteiger partial charge in [0, 0.05) is 42.3 Å². The maximum absolute atomic E-state index is 14.7. The molecule has 2 heterocycles. The summed E-state index contributed by atoms with van der Waals surface area (Å²) in [4.78, 5) is 4.56. The molecule has 2 aromatic carbocycles. The molecule has 0 N–H and O–H groups in total. The molecule has 2 aromatic rings. The van der Waals surface area contributed by atoms with Crippen molar-refractivity contribution < 1.29 is 4.39 Å². The van der Waals surface area contributed by atoms with Crippen LogP contribution in [-0.4, -0.2) is 36.9 Å². The molecule has 4 heteroatoms. The average molecular weight is 403 g/mol. The first-order chi connectivity index (χ1) is 12.2. The zero-order chi connectivity index (χ0) is 17.2. The molecule has 1 atom stereocenters. The SMILES string of the molecule is FC(Cc1ccccc1)N1CCC(N2CCc3ccc(Br)cc32)CC1. The molecule has 4 rings (SSSR count). The summed E-state index contributed by atoms with van der Waals surface area (Å²) in [5.41, 5.74) is 3.89. The second kappa shape index (κ2) is 7.46. The van der Waals surface area contributed by atoms with E-state index in [1.54, 1.807) is 0 Å². The zero-order valence-corrected chi connectivity index (χ0v) is 16.0. The molecule has 0 bridgehead atoms. The van der Waals surface area contributed by atoms with Gasteiger partial charge in [0.15, 0.2) is 6.30 Å². The molecule has 0 spiro atoms. The van der Waals surface area contributed by atoms with Gasteiger partial charge in [-0.25, -0.2) is 4.39 Å². The number of hydrogen-bond acceptors (Lipinski definition) is 2. The highest BCUT2D eigenvalue weighted by Crippen LogP contribution is 2.35. The molecule has 0 aliphatic carbocycles. The summed E-state index contributed by atoms with van der Waals surface area (Å²) < 4.78 is 15.8. The number of alkyl halides is 1. The Balaban J connectivity index is 1.35. The first kappa shape index (κ1) is 17.0.